The summed E-state index contributed by atoms with van der Waals surface area (Å²) < 4.78 is 0. The highest BCUT2D eigenvalue weighted by Crippen LogP contribution is 2.33. The van der Waals surface area contributed by atoms with Gasteiger partial charge < -0.3 is 15.3 Å². The number of benzene rings is 1. The number of hydrogen-bond donors (Lipinski definition) is 2. The van der Waals surface area contributed by atoms with E-state index in [0.717, 1.165) is 43.5 Å². The van der Waals surface area contributed by atoms with Crippen LogP contribution in [0.4, 0.5) is 0 Å². The number of amides is 1. The van der Waals surface area contributed by atoms with Gasteiger partial charge in [-0.3, -0.25) is 4.79 Å². The summed E-state index contributed by atoms with van der Waals surface area (Å²) in [6.07, 6.45) is 3.03. The van der Waals surface area contributed by atoms with Crippen LogP contribution in [0.25, 0.3) is 0 Å². The Morgan fingerprint density at radius 2 is 1.88 bits per heavy atom. The van der Waals surface area contributed by atoms with Crippen LogP contribution < -0.4 is 5.32 Å². The molecule has 0 bridgehead atoms. The Kier molecular flexibility index (Phi) is 6.50. The van der Waals surface area contributed by atoms with E-state index in [1.807, 2.05) is 23.1 Å². The van der Waals surface area contributed by atoms with E-state index in [0.29, 0.717) is 18.2 Å². The average molecular weight is 347 g/mol. The van der Waals surface area contributed by atoms with Crippen molar-refractivity contribution in [3.63, 3.8) is 0 Å². The van der Waals surface area contributed by atoms with Gasteiger partial charge in [0.05, 0.1) is 6.04 Å². The molecule has 4 heteroatoms. The van der Waals surface area contributed by atoms with Crippen LogP contribution in [0.2, 0.25) is 0 Å². The summed E-state index contributed by atoms with van der Waals surface area (Å²) in [6.45, 7) is 12.8. The maximum absolute atomic E-state index is 12.8. The van der Waals surface area contributed by atoms with E-state index in [-0.39, 0.29) is 17.4 Å². The summed E-state index contributed by atoms with van der Waals surface area (Å²) in [6, 6.07) is 5.71. The van der Waals surface area contributed by atoms with Gasteiger partial charge in [-0.05, 0) is 36.2 Å². The summed E-state index contributed by atoms with van der Waals surface area (Å²) in [5, 5.41) is 14.0. The van der Waals surface area contributed by atoms with Gasteiger partial charge in [-0.15, -0.1) is 0 Å². The van der Waals surface area contributed by atoms with E-state index in [1.165, 1.54) is 0 Å². The highest BCUT2D eigenvalue weighted by atomic mass is 16.3. The number of carbonyl (C=O) groups is 1. The molecule has 1 aromatic rings. The molecular weight excluding hydrogens is 312 g/mol. The molecule has 1 heterocycles. The first-order valence-corrected chi connectivity index (χ1v) is 9.53. The number of para-hydroxylation sites is 1. The first-order valence-electron chi connectivity index (χ1n) is 9.53. The van der Waals surface area contributed by atoms with E-state index in [9.17, 15) is 9.90 Å². The van der Waals surface area contributed by atoms with Crippen LogP contribution in [0.3, 0.4) is 0 Å². The molecule has 1 aliphatic rings. The van der Waals surface area contributed by atoms with Gasteiger partial charge in [-0.1, -0.05) is 52.8 Å². The molecule has 1 aliphatic heterocycles. The van der Waals surface area contributed by atoms with Gasteiger partial charge in [0.1, 0.15) is 5.75 Å². The third kappa shape index (κ3) is 5.21. The minimum atomic E-state index is -0.184. The quantitative estimate of drug-likeness (QED) is 0.823. The van der Waals surface area contributed by atoms with E-state index in [4.69, 9.17) is 0 Å². The molecule has 1 saturated heterocycles. The highest BCUT2D eigenvalue weighted by Gasteiger charge is 2.27. The molecule has 0 saturated carbocycles. The van der Waals surface area contributed by atoms with Crippen LogP contribution in [0.5, 0.6) is 5.75 Å². The van der Waals surface area contributed by atoms with Crippen molar-refractivity contribution in [1.82, 2.24) is 10.2 Å². The van der Waals surface area contributed by atoms with Crippen LogP contribution in [0.15, 0.2) is 18.2 Å². The molecule has 4 nitrogen and oxygen atoms in total. The fourth-order valence-electron chi connectivity index (χ4n) is 3.47. The normalized spacial score (nSPS) is 16.5. The Hall–Kier alpha value is -1.55. The van der Waals surface area contributed by atoms with Gasteiger partial charge in [-0.2, -0.15) is 0 Å². The molecule has 25 heavy (non-hydrogen) atoms. The zero-order chi connectivity index (χ0) is 18.6. The minimum Gasteiger partial charge on any atom is -0.507 e. The van der Waals surface area contributed by atoms with Gasteiger partial charge in [0, 0.05) is 25.2 Å². The third-order valence-corrected chi connectivity index (χ3v) is 4.89. The topological polar surface area (TPSA) is 52.6 Å². The maximum Gasteiger partial charge on any atom is 0.239 e. The van der Waals surface area contributed by atoms with E-state index in [2.05, 4.69) is 39.9 Å². The second-order valence-corrected chi connectivity index (χ2v) is 8.66. The summed E-state index contributed by atoms with van der Waals surface area (Å²) in [5.74, 6) is 0.996. The molecule has 2 N–H and O–H groups in total. The predicted molar refractivity (Wildman–Crippen MR) is 103 cm³/mol. The Bertz CT molecular complexity index is 584. The lowest BCUT2D eigenvalue weighted by atomic mass is 9.85. The van der Waals surface area contributed by atoms with Gasteiger partial charge in [0.25, 0.3) is 0 Å². The Morgan fingerprint density at radius 1 is 1.24 bits per heavy atom. The number of rotatable bonds is 6. The average Bonchev–Trinajstić information content (AvgIpc) is 3.04. The molecule has 0 unspecified atom stereocenters. The van der Waals surface area contributed by atoms with Crippen LogP contribution in [0, 0.1) is 5.92 Å². The van der Waals surface area contributed by atoms with Gasteiger partial charge in [-0.25, -0.2) is 0 Å². The zero-order valence-corrected chi connectivity index (χ0v) is 16.4. The maximum atomic E-state index is 12.8. The third-order valence-electron chi connectivity index (χ3n) is 4.89. The summed E-state index contributed by atoms with van der Waals surface area (Å²) in [5.41, 5.74) is 1.69. The van der Waals surface area contributed by atoms with Crippen molar-refractivity contribution >= 4 is 5.91 Å². The smallest absolute Gasteiger partial charge is 0.239 e. The second kappa shape index (κ2) is 8.22. The van der Waals surface area contributed by atoms with Crippen LogP contribution in [-0.2, 0) is 16.8 Å². The molecule has 0 aliphatic carbocycles. The Balaban J connectivity index is 2.11. The predicted octanol–water partition coefficient (Wildman–Crippen LogP) is 3.82. The zero-order valence-electron chi connectivity index (χ0n) is 16.4. The number of nitrogens with one attached hydrogen (secondary N) is 1. The van der Waals surface area contributed by atoms with E-state index >= 15 is 0 Å². The number of phenolic OH excluding ortho intramolecular Hbond substituents is 1. The summed E-state index contributed by atoms with van der Waals surface area (Å²) in [4.78, 5) is 14.8. The lowest BCUT2D eigenvalue weighted by Gasteiger charge is -2.26. The minimum absolute atomic E-state index is 0.108. The summed E-state index contributed by atoms with van der Waals surface area (Å²) >= 11 is 0. The number of aromatic hydroxyl groups is 1. The molecule has 0 aromatic heterocycles. The Morgan fingerprint density at radius 3 is 2.44 bits per heavy atom. The molecule has 0 spiro atoms. The molecule has 140 valence electrons. The van der Waals surface area contributed by atoms with Gasteiger partial charge >= 0.3 is 0 Å². The molecule has 1 amide bonds. The highest BCUT2D eigenvalue weighted by molar-refractivity contribution is 5.82. The number of likely N-dealkylation sites (tertiary alicyclic amines) is 1. The molecule has 0 radical (unpaired) electrons. The van der Waals surface area contributed by atoms with Crippen molar-refractivity contribution in [2.45, 2.75) is 71.9 Å². The van der Waals surface area contributed by atoms with Crippen molar-refractivity contribution in [2.24, 2.45) is 5.92 Å². The Labute approximate surface area is 152 Å². The molecule has 1 fully saturated rings. The monoisotopic (exact) mass is 346 g/mol. The molecule has 2 rings (SSSR count). The number of phenols is 1. The number of carbonyl (C=O) groups excluding carboxylic acids is 1. The van der Waals surface area contributed by atoms with Crippen molar-refractivity contribution in [3.05, 3.63) is 29.3 Å². The largest absolute Gasteiger partial charge is 0.507 e. The SMILES string of the molecule is CC(C)C[C@H](NCc1cccc(C(C)(C)C)c1O)C(=O)N1CCCC1. The number of hydrogen-bond acceptors (Lipinski definition) is 3. The van der Waals surface area contributed by atoms with Crippen molar-refractivity contribution in [3.8, 4) is 5.75 Å². The standard InChI is InChI=1S/C21H34N2O2/c1-15(2)13-18(20(25)23-11-6-7-12-23)22-14-16-9-8-10-17(19(16)24)21(3,4)5/h8-10,15,18,22,24H,6-7,11-14H2,1-5H3/t18-/m0/s1. The molecule has 1 aromatic carbocycles. The van der Waals surface area contributed by atoms with Crippen LogP contribution in [-0.4, -0.2) is 35.0 Å². The van der Waals surface area contributed by atoms with Crippen LogP contribution in [0.1, 0.15) is 65.0 Å². The number of nitrogens with zero attached hydrogens (tertiary/aromatic N) is 1. The second-order valence-electron chi connectivity index (χ2n) is 8.66. The lowest BCUT2D eigenvalue weighted by molar-refractivity contribution is -0.132. The van der Waals surface area contributed by atoms with Gasteiger partial charge in [0.2, 0.25) is 5.91 Å². The van der Waals surface area contributed by atoms with Crippen LogP contribution >= 0.6 is 0 Å². The van der Waals surface area contributed by atoms with Crippen molar-refractivity contribution in [1.29, 1.82) is 0 Å². The molecular formula is C21H34N2O2. The lowest BCUT2D eigenvalue weighted by Crippen LogP contribution is -2.45. The summed E-state index contributed by atoms with van der Waals surface area (Å²) in [7, 11) is 0. The molecule has 1 atom stereocenters. The fourth-order valence-corrected chi connectivity index (χ4v) is 3.47. The first-order chi connectivity index (χ1) is 11.7. The fraction of sp³-hybridized carbons (Fsp3) is 0.667. The van der Waals surface area contributed by atoms with Crippen molar-refractivity contribution < 1.29 is 9.90 Å². The van der Waals surface area contributed by atoms with E-state index in [1.54, 1.807) is 0 Å². The van der Waals surface area contributed by atoms with E-state index < -0.39 is 0 Å². The van der Waals surface area contributed by atoms with Gasteiger partial charge in [0.15, 0.2) is 0 Å². The van der Waals surface area contributed by atoms with Crippen molar-refractivity contribution in [2.75, 3.05) is 13.1 Å². The first kappa shape index (κ1) is 19.8.